The Morgan fingerprint density at radius 1 is 1.12 bits per heavy atom. The van der Waals surface area contributed by atoms with Crippen molar-refractivity contribution in [2.75, 3.05) is 25.5 Å². The Kier molecular flexibility index (Phi) is 5.91. The van der Waals surface area contributed by atoms with E-state index in [9.17, 15) is 4.79 Å². The van der Waals surface area contributed by atoms with Gasteiger partial charge in [-0.3, -0.25) is 9.69 Å². The molecule has 138 valence electrons. The second kappa shape index (κ2) is 8.34. The van der Waals surface area contributed by atoms with Crippen LogP contribution in [0.5, 0.6) is 5.75 Å². The number of anilines is 1. The van der Waals surface area contributed by atoms with E-state index in [-0.39, 0.29) is 24.2 Å². The molecule has 0 bridgehead atoms. The fourth-order valence-electron chi connectivity index (χ4n) is 3.50. The number of hydrogen-bond acceptors (Lipinski definition) is 4. The quantitative estimate of drug-likeness (QED) is 0.893. The summed E-state index contributed by atoms with van der Waals surface area (Å²) in [4.78, 5) is 15.4. The highest BCUT2D eigenvalue weighted by Crippen LogP contribution is 2.27. The summed E-state index contributed by atoms with van der Waals surface area (Å²) < 4.78 is 11.1. The molecule has 1 amide bonds. The van der Waals surface area contributed by atoms with Gasteiger partial charge in [0.25, 0.3) is 0 Å². The Balaban J connectivity index is 1.86. The molecule has 0 saturated carbocycles. The predicted octanol–water partition coefficient (Wildman–Crippen LogP) is 3.48. The lowest BCUT2D eigenvalue weighted by Gasteiger charge is -2.39. The zero-order valence-electron chi connectivity index (χ0n) is 15.5. The number of ether oxygens (including phenoxy) is 2. The summed E-state index contributed by atoms with van der Waals surface area (Å²) in [5.41, 5.74) is 1.71. The summed E-state index contributed by atoms with van der Waals surface area (Å²) in [6, 6.07) is 16.9. The van der Waals surface area contributed by atoms with E-state index in [0.29, 0.717) is 5.75 Å². The first kappa shape index (κ1) is 18.4. The minimum absolute atomic E-state index is 0.0502. The van der Waals surface area contributed by atoms with Crippen molar-refractivity contribution in [3.8, 4) is 5.75 Å². The van der Waals surface area contributed by atoms with Crippen molar-refractivity contribution in [2.24, 2.45) is 0 Å². The van der Waals surface area contributed by atoms with Crippen molar-refractivity contribution in [1.82, 2.24) is 4.90 Å². The molecule has 1 aliphatic heterocycles. The molecule has 1 N–H and O–H groups in total. The lowest BCUT2D eigenvalue weighted by Crippen LogP contribution is -2.49. The van der Waals surface area contributed by atoms with Crippen LogP contribution in [0.4, 0.5) is 5.69 Å². The van der Waals surface area contributed by atoms with Crippen LogP contribution in [0.15, 0.2) is 54.6 Å². The molecule has 26 heavy (non-hydrogen) atoms. The van der Waals surface area contributed by atoms with Gasteiger partial charge in [0.2, 0.25) is 5.91 Å². The molecule has 5 nitrogen and oxygen atoms in total. The van der Waals surface area contributed by atoms with Gasteiger partial charge < -0.3 is 14.8 Å². The van der Waals surface area contributed by atoms with Gasteiger partial charge in [0.1, 0.15) is 11.8 Å². The monoisotopic (exact) mass is 354 g/mol. The highest BCUT2D eigenvalue weighted by atomic mass is 16.5. The van der Waals surface area contributed by atoms with Crippen molar-refractivity contribution in [2.45, 2.75) is 32.1 Å². The van der Waals surface area contributed by atoms with Crippen LogP contribution >= 0.6 is 0 Å². The number of benzene rings is 2. The van der Waals surface area contributed by atoms with E-state index in [2.05, 4.69) is 10.2 Å². The van der Waals surface area contributed by atoms with E-state index in [1.54, 1.807) is 7.11 Å². The van der Waals surface area contributed by atoms with E-state index in [1.165, 1.54) is 0 Å². The van der Waals surface area contributed by atoms with E-state index in [1.807, 2.05) is 68.4 Å². The zero-order chi connectivity index (χ0) is 18.5. The van der Waals surface area contributed by atoms with Crippen LogP contribution in [-0.2, 0) is 9.53 Å². The number of nitrogens with one attached hydrogen (secondary N) is 1. The maximum absolute atomic E-state index is 13.2. The minimum atomic E-state index is -0.365. The number of nitrogens with zero attached hydrogens (tertiary/aromatic N) is 1. The second-order valence-corrected chi connectivity index (χ2v) is 6.75. The van der Waals surface area contributed by atoms with Crippen LogP contribution in [-0.4, -0.2) is 43.2 Å². The largest absolute Gasteiger partial charge is 0.497 e. The number of hydrogen-bond donors (Lipinski definition) is 1. The molecule has 2 aromatic carbocycles. The second-order valence-electron chi connectivity index (χ2n) is 6.75. The average Bonchev–Trinajstić information content (AvgIpc) is 2.62. The highest BCUT2D eigenvalue weighted by molar-refractivity contribution is 5.95. The van der Waals surface area contributed by atoms with Crippen molar-refractivity contribution < 1.29 is 14.3 Å². The number of carbonyl (C=O) groups is 1. The molecule has 0 aliphatic carbocycles. The summed E-state index contributed by atoms with van der Waals surface area (Å²) >= 11 is 0. The first-order valence-electron chi connectivity index (χ1n) is 8.96. The van der Waals surface area contributed by atoms with E-state index in [4.69, 9.17) is 9.47 Å². The predicted molar refractivity (Wildman–Crippen MR) is 102 cm³/mol. The molecule has 2 aromatic rings. The number of amides is 1. The van der Waals surface area contributed by atoms with Crippen molar-refractivity contribution in [1.29, 1.82) is 0 Å². The zero-order valence-corrected chi connectivity index (χ0v) is 15.5. The van der Waals surface area contributed by atoms with Crippen LogP contribution in [0.25, 0.3) is 0 Å². The van der Waals surface area contributed by atoms with Gasteiger partial charge >= 0.3 is 0 Å². The number of carbonyl (C=O) groups excluding carboxylic acids is 1. The molecule has 1 aliphatic rings. The molecule has 5 heteroatoms. The van der Waals surface area contributed by atoms with Crippen LogP contribution in [0.1, 0.15) is 25.5 Å². The molecular weight excluding hydrogens is 328 g/mol. The number of rotatable bonds is 5. The van der Waals surface area contributed by atoms with Gasteiger partial charge in [0, 0.05) is 24.8 Å². The molecule has 0 radical (unpaired) electrons. The molecule has 3 atom stereocenters. The smallest absolute Gasteiger partial charge is 0.246 e. The van der Waals surface area contributed by atoms with Gasteiger partial charge in [-0.05, 0) is 31.5 Å². The van der Waals surface area contributed by atoms with Gasteiger partial charge in [-0.1, -0.05) is 36.4 Å². The number of morpholine rings is 1. The summed E-state index contributed by atoms with van der Waals surface area (Å²) in [5, 5.41) is 3.04. The SMILES string of the molecule is COc1cccc(NC(=O)[C@H](c2ccccc2)N2C[C@@H](C)O[C@@H](C)C2)c1. The third-order valence-corrected chi connectivity index (χ3v) is 4.51. The molecule has 1 heterocycles. The molecule has 0 unspecified atom stereocenters. The maximum Gasteiger partial charge on any atom is 0.246 e. The van der Waals surface area contributed by atoms with Gasteiger partial charge in [0.05, 0.1) is 19.3 Å². The molecular formula is C21H26N2O3. The van der Waals surface area contributed by atoms with Crippen LogP contribution in [0.2, 0.25) is 0 Å². The van der Waals surface area contributed by atoms with Crippen molar-refractivity contribution in [3.05, 3.63) is 60.2 Å². The Morgan fingerprint density at radius 2 is 1.81 bits per heavy atom. The lowest BCUT2D eigenvalue weighted by molar-refractivity contribution is -0.128. The van der Waals surface area contributed by atoms with Gasteiger partial charge in [-0.25, -0.2) is 0 Å². The van der Waals surface area contributed by atoms with E-state index >= 15 is 0 Å². The van der Waals surface area contributed by atoms with Crippen LogP contribution in [0.3, 0.4) is 0 Å². The summed E-state index contributed by atoms with van der Waals surface area (Å²) in [6.07, 6.45) is 0.184. The van der Waals surface area contributed by atoms with Gasteiger partial charge in [0.15, 0.2) is 0 Å². The maximum atomic E-state index is 13.2. The molecule has 1 saturated heterocycles. The summed E-state index contributed by atoms with van der Waals surface area (Å²) in [7, 11) is 1.62. The summed E-state index contributed by atoms with van der Waals surface area (Å²) in [6.45, 7) is 5.53. The molecule has 1 fully saturated rings. The van der Waals surface area contributed by atoms with Gasteiger partial charge in [-0.15, -0.1) is 0 Å². The summed E-state index contributed by atoms with van der Waals surface area (Å²) in [5.74, 6) is 0.665. The molecule has 0 spiro atoms. The Bertz CT molecular complexity index is 725. The van der Waals surface area contributed by atoms with E-state index in [0.717, 1.165) is 24.3 Å². The average molecular weight is 354 g/mol. The normalized spacial score (nSPS) is 21.8. The third-order valence-electron chi connectivity index (χ3n) is 4.51. The van der Waals surface area contributed by atoms with Gasteiger partial charge in [-0.2, -0.15) is 0 Å². The van der Waals surface area contributed by atoms with Crippen molar-refractivity contribution in [3.63, 3.8) is 0 Å². The standard InChI is InChI=1S/C21H26N2O3/c1-15-13-23(14-16(2)26-15)20(17-8-5-4-6-9-17)21(24)22-18-10-7-11-19(12-18)25-3/h4-12,15-16,20H,13-14H2,1-3H3,(H,22,24)/t15-,16+,20-/m0/s1. The first-order chi connectivity index (χ1) is 12.6. The van der Waals surface area contributed by atoms with E-state index < -0.39 is 0 Å². The first-order valence-corrected chi connectivity index (χ1v) is 8.96. The lowest BCUT2D eigenvalue weighted by atomic mass is 10.0. The van der Waals surface area contributed by atoms with Crippen LogP contribution in [0, 0.1) is 0 Å². The third kappa shape index (κ3) is 4.42. The minimum Gasteiger partial charge on any atom is -0.497 e. The topological polar surface area (TPSA) is 50.8 Å². The molecule has 3 rings (SSSR count). The van der Waals surface area contributed by atoms with Crippen molar-refractivity contribution >= 4 is 11.6 Å². The fraction of sp³-hybridized carbons (Fsp3) is 0.381. The van der Waals surface area contributed by atoms with Crippen LogP contribution < -0.4 is 10.1 Å². The fourth-order valence-corrected chi connectivity index (χ4v) is 3.50. The Morgan fingerprint density at radius 3 is 2.46 bits per heavy atom. The molecule has 0 aromatic heterocycles. The Hall–Kier alpha value is -2.37. The highest BCUT2D eigenvalue weighted by Gasteiger charge is 2.33. The number of methoxy groups -OCH3 is 1. The Labute approximate surface area is 154 Å².